The van der Waals surface area contributed by atoms with Crippen molar-refractivity contribution in [3.05, 3.63) is 22.3 Å². The first kappa shape index (κ1) is 13.0. The van der Waals surface area contributed by atoms with Gasteiger partial charge in [-0.15, -0.1) is 0 Å². The zero-order valence-corrected chi connectivity index (χ0v) is 11.2. The lowest BCUT2D eigenvalue weighted by Crippen LogP contribution is -2.27. The van der Waals surface area contributed by atoms with Crippen molar-refractivity contribution in [2.45, 2.75) is 13.8 Å². The molecule has 0 saturated heterocycles. The summed E-state index contributed by atoms with van der Waals surface area (Å²) in [6, 6.07) is 1.92. The molecule has 4 nitrogen and oxygen atoms in total. The van der Waals surface area contributed by atoms with Crippen LogP contribution in [0, 0.1) is 6.92 Å². The zero-order valence-electron chi connectivity index (χ0n) is 9.66. The number of rotatable bonds is 4. The standard InChI is InChI=1S/C11H15BrN2O2/c1-4-16-11(15)7-14(3)10-5-8(2)9(12)6-13-10/h5-6H,4,7H2,1-3H3. The van der Waals surface area contributed by atoms with Crippen molar-refractivity contribution in [1.29, 1.82) is 0 Å². The number of esters is 1. The summed E-state index contributed by atoms with van der Waals surface area (Å²) in [5, 5.41) is 0. The number of carbonyl (C=O) groups is 1. The molecule has 88 valence electrons. The minimum Gasteiger partial charge on any atom is -0.465 e. The first-order valence-corrected chi connectivity index (χ1v) is 5.82. The average molecular weight is 287 g/mol. The molecule has 0 aliphatic heterocycles. The molecule has 1 aromatic heterocycles. The van der Waals surface area contributed by atoms with E-state index >= 15 is 0 Å². The maximum absolute atomic E-state index is 11.3. The van der Waals surface area contributed by atoms with E-state index in [-0.39, 0.29) is 12.5 Å². The van der Waals surface area contributed by atoms with E-state index in [0.29, 0.717) is 6.61 Å². The second-order valence-electron chi connectivity index (χ2n) is 3.45. The summed E-state index contributed by atoms with van der Waals surface area (Å²) in [5.41, 5.74) is 1.08. The molecule has 0 fully saturated rings. The monoisotopic (exact) mass is 286 g/mol. The third-order valence-electron chi connectivity index (χ3n) is 2.10. The van der Waals surface area contributed by atoms with Crippen LogP contribution in [0.25, 0.3) is 0 Å². The van der Waals surface area contributed by atoms with Crippen molar-refractivity contribution in [1.82, 2.24) is 4.98 Å². The van der Waals surface area contributed by atoms with E-state index in [0.717, 1.165) is 15.9 Å². The molecule has 0 amide bonds. The minimum atomic E-state index is -0.243. The van der Waals surface area contributed by atoms with Gasteiger partial charge in [0.25, 0.3) is 0 Å². The Bertz CT molecular complexity index is 382. The van der Waals surface area contributed by atoms with Gasteiger partial charge < -0.3 is 9.64 Å². The number of pyridine rings is 1. The first-order chi connectivity index (χ1) is 7.54. The largest absolute Gasteiger partial charge is 0.465 e. The highest BCUT2D eigenvalue weighted by molar-refractivity contribution is 9.10. The van der Waals surface area contributed by atoms with Crippen LogP contribution in [-0.2, 0) is 9.53 Å². The molecule has 0 bridgehead atoms. The summed E-state index contributed by atoms with van der Waals surface area (Å²) in [7, 11) is 1.81. The summed E-state index contributed by atoms with van der Waals surface area (Å²) in [5.74, 6) is 0.515. The Balaban J connectivity index is 2.69. The minimum absolute atomic E-state index is 0.210. The fourth-order valence-electron chi connectivity index (χ4n) is 1.21. The van der Waals surface area contributed by atoms with Crippen molar-refractivity contribution in [2.75, 3.05) is 25.1 Å². The quantitative estimate of drug-likeness (QED) is 0.796. The highest BCUT2D eigenvalue weighted by atomic mass is 79.9. The molecule has 0 aromatic carbocycles. The molecule has 0 N–H and O–H groups in total. The van der Waals surface area contributed by atoms with Gasteiger partial charge in [0.2, 0.25) is 0 Å². The van der Waals surface area contributed by atoms with Crippen LogP contribution in [-0.4, -0.2) is 31.2 Å². The number of aromatic nitrogens is 1. The molecule has 16 heavy (non-hydrogen) atoms. The van der Waals surface area contributed by atoms with Gasteiger partial charge in [0.15, 0.2) is 0 Å². The normalized spacial score (nSPS) is 10.0. The summed E-state index contributed by atoms with van der Waals surface area (Å²) >= 11 is 3.38. The Morgan fingerprint density at radius 2 is 2.31 bits per heavy atom. The van der Waals surface area contributed by atoms with Gasteiger partial charge in [-0.05, 0) is 41.4 Å². The number of nitrogens with zero attached hydrogens (tertiary/aromatic N) is 2. The number of carbonyl (C=O) groups excluding carboxylic acids is 1. The maximum atomic E-state index is 11.3. The molecule has 0 unspecified atom stereocenters. The molecule has 1 heterocycles. The Morgan fingerprint density at radius 3 is 2.88 bits per heavy atom. The number of hydrogen-bond donors (Lipinski definition) is 0. The van der Waals surface area contributed by atoms with Gasteiger partial charge in [-0.3, -0.25) is 4.79 Å². The molecule has 0 saturated carbocycles. The van der Waals surface area contributed by atoms with Crippen LogP contribution in [0.15, 0.2) is 16.7 Å². The number of ether oxygens (including phenoxy) is 1. The van der Waals surface area contributed by atoms with Crippen LogP contribution in [0.5, 0.6) is 0 Å². The number of likely N-dealkylation sites (N-methyl/N-ethyl adjacent to an activating group) is 1. The average Bonchev–Trinajstić information content (AvgIpc) is 2.22. The Hall–Kier alpha value is -1.10. The van der Waals surface area contributed by atoms with E-state index in [1.165, 1.54) is 0 Å². The molecule has 0 radical (unpaired) electrons. The molecule has 1 rings (SSSR count). The number of aryl methyl sites for hydroxylation is 1. The first-order valence-electron chi connectivity index (χ1n) is 5.03. The van der Waals surface area contributed by atoms with Gasteiger partial charge >= 0.3 is 5.97 Å². The summed E-state index contributed by atoms with van der Waals surface area (Å²) in [6.07, 6.45) is 1.73. The summed E-state index contributed by atoms with van der Waals surface area (Å²) in [4.78, 5) is 17.3. The molecule has 0 aliphatic carbocycles. The molecule has 1 aromatic rings. The predicted molar refractivity (Wildman–Crippen MR) is 66.6 cm³/mol. The van der Waals surface area contributed by atoms with E-state index in [1.54, 1.807) is 18.0 Å². The maximum Gasteiger partial charge on any atom is 0.325 e. The third-order valence-corrected chi connectivity index (χ3v) is 2.93. The van der Waals surface area contributed by atoms with Crippen LogP contribution in [0.2, 0.25) is 0 Å². The van der Waals surface area contributed by atoms with Crippen LogP contribution < -0.4 is 4.90 Å². The summed E-state index contributed by atoms with van der Waals surface area (Å²) < 4.78 is 5.83. The van der Waals surface area contributed by atoms with Crippen molar-refractivity contribution < 1.29 is 9.53 Å². The van der Waals surface area contributed by atoms with Gasteiger partial charge in [-0.1, -0.05) is 0 Å². The van der Waals surface area contributed by atoms with Gasteiger partial charge in [0.05, 0.1) is 6.61 Å². The van der Waals surface area contributed by atoms with Crippen molar-refractivity contribution in [3.8, 4) is 0 Å². The fraction of sp³-hybridized carbons (Fsp3) is 0.455. The third kappa shape index (κ3) is 3.48. The van der Waals surface area contributed by atoms with Crippen LogP contribution in [0.1, 0.15) is 12.5 Å². The lowest BCUT2D eigenvalue weighted by Gasteiger charge is -2.17. The molecule has 0 spiro atoms. The smallest absolute Gasteiger partial charge is 0.325 e. The molecule has 5 heteroatoms. The second kappa shape index (κ2) is 5.84. The second-order valence-corrected chi connectivity index (χ2v) is 4.31. The van der Waals surface area contributed by atoms with E-state index in [9.17, 15) is 4.79 Å². The van der Waals surface area contributed by atoms with E-state index in [2.05, 4.69) is 20.9 Å². The Labute approximate surface area is 104 Å². The number of halogens is 1. The Morgan fingerprint density at radius 1 is 1.62 bits per heavy atom. The highest BCUT2D eigenvalue weighted by Gasteiger charge is 2.09. The predicted octanol–water partition coefficient (Wildman–Crippen LogP) is 2.15. The molecule has 0 aliphatic rings. The SMILES string of the molecule is CCOC(=O)CN(C)c1cc(C)c(Br)cn1. The van der Waals surface area contributed by atoms with E-state index in [4.69, 9.17) is 4.74 Å². The van der Waals surface area contributed by atoms with Crippen LogP contribution in [0.4, 0.5) is 5.82 Å². The van der Waals surface area contributed by atoms with E-state index in [1.807, 2.05) is 20.0 Å². The summed E-state index contributed by atoms with van der Waals surface area (Å²) in [6.45, 7) is 4.38. The van der Waals surface area contributed by atoms with Gasteiger partial charge in [-0.2, -0.15) is 0 Å². The molecular weight excluding hydrogens is 272 g/mol. The topological polar surface area (TPSA) is 42.4 Å². The highest BCUT2D eigenvalue weighted by Crippen LogP contribution is 2.19. The van der Waals surface area contributed by atoms with Crippen molar-refractivity contribution in [3.63, 3.8) is 0 Å². The fourth-order valence-corrected chi connectivity index (χ4v) is 1.43. The number of anilines is 1. The lowest BCUT2D eigenvalue weighted by molar-refractivity contribution is -0.141. The van der Waals surface area contributed by atoms with Crippen molar-refractivity contribution in [2.24, 2.45) is 0 Å². The van der Waals surface area contributed by atoms with Crippen LogP contribution in [0.3, 0.4) is 0 Å². The number of hydrogen-bond acceptors (Lipinski definition) is 4. The molecule has 0 atom stereocenters. The van der Waals surface area contributed by atoms with E-state index < -0.39 is 0 Å². The Kier molecular flexibility index (Phi) is 4.73. The van der Waals surface area contributed by atoms with Gasteiger partial charge in [0.1, 0.15) is 12.4 Å². The van der Waals surface area contributed by atoms with Crippen LogP contribution >= 0.6 is 15.9 Å². The van der Waals surface area contributed by atoms with Gasteiger partial charge in [-0.25, -0.2) is 4.98 Å². The lowest BCUT2D eigenvalue weighted by atomic mass is 10.3. The molecular formula is C11H15BrN2O2. The van der Waals surface area contributed by atoms with Crippen molar-refractivity contribution >= 4 is 27.7 Å². The van der Waals surface area contributed by atoms with Gasteiger partial charge in [0, 0.05) is 17.7 Å². The zero-order chi connectivity index (χ0) is 12.1.